The molecule has 0 aliphatic carbocycles. The van der Waals surface area contributed by atoms with Crippen LogP contribution in [0.15, 0.2) is 12.7 Å². The molecule has 0 aliphatic heterocycles. The quantitative estimate of drug-likeness (QED) is 0.404. The number of nitrogens with zero attached hydrogens (tertiary/aromatic N) is 10. The first-order chi connectivity index (χ1) is 9.75. The van der Waals surface area contributed by atoms with Gasteiger partial charge in [0.15, 0.2) is 22.7 Å². The van der Waals surface area contributed by atoms with Crippen molar-refractivity contribution >= 4 is 34.0 Å². The molecule has 4 N–H and O–H groups in total. The van der Waals surface area contributed by atoms with Crippen molar-refractivity contribution in [1.29, 1.82) is 0 Å². The number of nitrogen functional groups attached to an aromatic ring is 2. The van der Waals surface area contributed by atoms with E-state index in [4.69, 9.17) is 11.5 Å². The average molecular weight is 270 g/mol. The number of anilines is 2. The Hall–Kier alpha value is -3.44. The third kappa shape index (κ3) is 1.23. The predicted octanol–water partition coefficient (Wildman–Crippen LogP) is -1.77. The molecule has 0 aliphatic rings. The molecule has 0 bridgehead atoms. The molecule has 0 atom stereocenters. The van der Waals surface area contributed by atoms with Gasteiger partial charge in [0.2, 0.25) is 11.3 Å². The summed E-state index contributed by atoms with van der Waals surface area (Å²) in [5.74, 6) is 0.444. The molecule has 0 saturated heterocycles. The predicted molar refractivity (Wildman–Crippen MR) is 65.9 cm³/mol. The van der Waals surface area contributed by atoms with Gasteiger partial charge in [-0.1, -0.05) is 0 Å². The summed E-state index contributed by atoms with van der Waals surface area (Å²) in [6, 6.07) is 0. The SMILES string of the molecule is Nc1ncnc2c1nnn2-n1nnc2c(N)ncnc21. The maximum Gasteiger partial charge on any atom is 0.209 e. The summed E-state index contributed by atoms with van der Waals surface area (Å²) in [4.78, 5) is 18.4. The first-order valence-corrected chi connectivity index (χ1v) is 5.40. The zero-order valence-corrected chi connectivity index (χ0v) is 9.78. The second kappa shape index (κ2) is 3.53. The number of fused-ring (bicyclic) bond motifs is 2. The van der Waals surface area contributed by atoms with E-state index in [0.717, 1.165) is 0 Å². The Morgan fingerprint density at radius 2 is 1.15 bits per heavy atom. The van der Waals surface area contributed by atoms with Gasteiger partial charge >= 0.3 is 0 Å². The molecule has 0 radical (unpaired) electrons. The minimum absolute atomic E-state index is 0.222. The fraction of sp³-hybridized carbons (Fsp3) is 0. The lowest BCUT2D eigenvalue weighted by atomic mass is 10.5. The van der Waals surface area contributed by atoms with Crippen LogP contribution in [-0.2, 0) is 0 Å². The van der Waals surface area contributed by atoms with Crippen LogP contribution in [0.5, 0.6) is 0 Å². The number of hydrogen-bond donors (Lipinski definition) is 2. The first-order valence-electron chi connectivity index (χ1n) is 5.40. The van der Waals surface area contributed by atoms with E-state index >= 15 is 0 Å². The molecule has 4 heterocycles. The van der Waals surface area contributed by atoms with Crippen molar-refractivity contribution in [2.75, 3.05) is 11.5 Å². The van der Waals surface area contributed by atoms with Crippen LogP contribution in [0.1, 0.15) is 0 Å². The second-order valence-corrected chi connectivity index (χ2v) is 3.82. The van der Waals surface area contributed by atoms with Crippen LogP contribution in [0, 0.1) is 0 Å². The van der Waals surface area contributed by atoms with E-state index in [1.807, 2.05) is 0 Å². The van der Waals surface area contributed by atoms with Crippen LogP contribution in [-0.4, -0.2) is 50.1 Å². The summed E-state index contributed by atoms with van der Waals surface area (Å²) < 4.78 is 0. The summed E-state index contributed by atoms with van der Waals surface area (Å²) in [6.07, 6.45) is 2.61. The number of aromatic nitrogens is 10. The molecule has 0 fully saturated rings. The maximum atomic E-state index is 5.70. The van der Waals surface area contributed by atoms with Crippen LogP contribution in [0.4, 0.5) is 11.6 Å². The van der Waals surface area contributed by atoms with Gasteiger partial charge in [-0.05, 0) is 10.4 Å². The molecule has 0 unspecified atom stereocenters. The highest BCUT2D eigenvalue weighted by atomic mass is 15.8. The maximum absolute atomic E-state index is 5.70. The summed E-state index contributed by atoms with van der Waals surface area (Å²) in [5.41, 5.74) is 12.9. The van der Waals surface area contributed by atoms with E-state index < -0.39 is 0 Å². The van der Waals surface area contributed by atoms with Gasteiger partial charge in [-0.2, -0.15) is 0 Å². The largest absolute Gasteiger partial charge is 0.382 e. The highest BCUT2D eigenvalue weighted by Gasteiger charge is 2.16. The third-order valence-electron chi connectivity index (χ3n) is 2.68. The van der Waals surface area contributed by atoms with Gasteiger partial charge in [-0.25, -0.2) is 19.9 Å². The molecule has 20 heavy (non-hydrogen) atoms. The van der Waals surface area contributed by atoms with Crippen LogP contribution >= 0.6 is 0 Å². The Bertz CT molecular complexity index is 857. The Kier molecular flexibility index (Phi) is 1.85. The average Bonchev–Trinajstić information content (AvgIpc) is 3.03. The van der Waals surface area contributed by atoms with Crippen molar-refractivity contribution in [2.24, 2.45) is 0 Å². The normalized spacial score (nSPS) is 11.4. The van der Waals surface area contributed by atoms with E-state index in [9.17, 15) is 0 Å². The van der Waals surface area contributed by atoms with Gasteiger partial charge in [0, 0.05) is 0 Å². The van der Waals surface area contributed by atoms with Crippen molar-refractivity contribution in [3.63, 3.8) is 0 Å². The Labute approximate surface area is 109 Å². The molecule has 12 heteroatoms. The van der Waals surface area contributed by atoms with Crippen LogP contribution in [0.2, 0.25) is 0 Å². The topological polar surface area (TPSA) is 165 Å². The molecular weight excluding hydrogens is 264 g/mol. The Balaban J connectivity index is 2.07. The molecule has 98 valence electrons. The van der Waals surface area contributed by atoms with Gasteiger partial charge in [0.25, 0.3) is 0 Å². The molecule has 0 amide bonds. The van der Waals surface area contributed by atoms with Gasteiger partial charge in [-0.15, -0.1) is 19.8 Å². The fourth-order valence-corrected chi connectivity index (χ4v) is 1.76. The summed E-state index contributed by atoms with van der Waals surface area (Å²) in [6.45, 7) is 0. The molecule has 0 spiro atoms. The van der Waals surface area contributed by atoms with E-state index in [2.05, 4.69) is 40.6 Å². The van der Waals surface area contributed by atoms with Crippen molar-refractivity contribution in [3.8, 4) is 0 Å². The van der Waals surface area contributed by atoms with E-state index in [1.165, 1.54) is 22.2 Å². The standard InChI is InChI=1S/C8H6N12/c9-5-3-7(13-1-11-5)19(17-15-3)20-8-4(16-18-20)6(10)12-2-14-8/h1-2H,(H2,9,11,13)(H2,10,12,14). The van der Waals surface area contributed by atoms with E-state index in [0.29, 0.717) is 22.3 Å². The fourth-order valence-electron chi connectivity index (χ4n) is 1.76. The zero-order valence-electron chi connectivity index (χ0n) is 9.78. The van der Waals surface area contributed by atoms with E-state index in [1.54, 1.807) is 0 Å². The summed E-state index contributed by atoms with van der Waals surface area (Å²) >= 11 is 0. The number of rotatable bonds is 1. The van der Waals surface area contributed by atoms with Gasteiger partial charge < -0.3 is 11.5 Å². The summed E-state index contributed by atoms with van der Waals surface area (Å²) in [7, 11) is 0. The Morgan fingerprint density at radius 1 is 0.700 bits per heavy atom. The lowest BCUT2D eigenvalue weighted by molar-refractivity contribution is 0.498. The number of nitrogens with two attached hydrogens (primary N) is 2. The smallest absolute Gasteiger partial charge is 0.209 e. The highest BCUT2D eigenvalue weighted by molar-refractivity contribution is 5.82. The molecule has 4 aromatic rings. The minimum atomic E-state index is 0.222. The molecule has 0 aromatic carbocycles. The lowest BCUT2D eigenvalue weighted by Crippen LogP contribution is -2.14. The van der Waals surface area contributed by atoms with Gasteiger partial charge in [-0.3, -0.25) is 0 Å². The third-order valence-corrected chi connectivity index (χ3v) is 2.68. The minimum Gasteiger partial charge on any atom is -0.382 e. The van der Waals surface area contributed by atoms with Crippen LogP contribution < -0.4 is 11.5 Å². The van der Waals surface area contributed by atoms with Crippen molar-refractivity contribution in [1.82, 2.24) is 50.1 Å². The second-order valence-electron chi connectivity index (χ2n) is 3.82. The monoisotopic (exact) mass is 270 g/mol. The van der Waals surface area contributed by atoms with Crippen LogP contribution in [0.3, 0.4) is 0 Å². The van der Waals surface area contributed by atoms with Crippen molar-refractivity contribution < 1.29 is 0 Å². The molecule has 12 nitrogen and oxygen atoms in total. The van der Waals surface area contributed by atoms with E-state index in [-0.39, 0.29) is 11.6 Å². The summed E-state index contributed by atoms with van der Waals surface area (Å²) in [5, 5.41) is 15.6. The molecule has 0 saturated carbocycles. The highest BCUT2D eigenvalue weighted by Crippen LogP contribution is 2.16. The molecule has 4 rings (SSSR count). The first kappa shape index (κ1) is 10.5. The van der Waals surface area contributed by atoms with Gasteiger partial charge in [0.05, 0.1) is 0 Å². The molecule has 4 aromatic heterocycles. The Morgan fingerprint density at radius 3 is 1.60 bits per heavy atom. The molecular formula is C8H6N12. The lowest BCUT2D eigenvalue weighted by Gasteiger charge is -2.00. The van der Waals surface area contributed by atoms with Crippen molar-refractivity contribution in [3.05, 3.63) is 12.7 Å². The van der Waals surface area contributed by atoms with Crippen LogP contribution in [0.25, 0.3) is 22.3 Å². The zero-order chi connectivity index (χ0) is 13.7. The number of hydrogen-bond acceptors (Lipinski definition) is 10. The van der Waals surface area contributed by atoms with Crippen molar-refractivity contribution in [2.45, 2.75) is 0 Å². The van der Waals surface area contributed by atoms with Gasteiger partial charge in [0.1, 0.15) is 12.7 Å².